The van der Waals surface area contributed by atoms with Gasteiger partial charge in [0, 0.05) is 91.0 Å². The van der Waals surface area contributed by atoms with Crippen molar-refractivity contribution in [2.45, 2.75) is 106 Å². The van der Waals surface area contributed by atoms with E-state index in [1.165, 1.54) is 18.4 Å². The Morgan fingerprint density at radius 1 is 0.333 bits per heavy atom. The average molecular weight is 2390 g/mol. The van der Waals surface area contributed by atoms with Crippen LogP contribution in [0.25, 0.3) is 90.1 Å². The van der Waals surface area contributed by atoms with Gasteiger partial charge in [-0.1, -0.05) is 336 Å². The number of hydrogen-bond donors (Lipinski definition) is 2. The van der Waals surface area contributed by atoms with E-state index in [0.717, 1.165) is 154 Å². The molecule has 18 aromatic rings. The van der Waals surface area contributed by atoms with Crippen molar-refractivity contribution in [3.05, 3.63) is 507 Å². The van der Waals surface area contributed by atoms with Crippen LogP contribution in [0.5, 0.6) is 0 Å². The molecule has 0 radical (unpaired) electrons. The second kappa shape index (κ2) is 68.7. The summed E-state index contributed by atoms with van der Waals surface area (Å²) in [6.45, 7) is 24.1. The van der Waals surface area contributed by atoms with Gasteiger partial charge < -0.3 is 33.9 Å². The van der Waals surface area contributed by atoms with Gasteiger partial charge in [-0.25, -0.2) is 4.98 Å². The Morgan fingerprint density at radius 2 is 0.587 bits per heavy atom. The molecule has 18 rings (SSSR count). The monoisotopic (exact) mass is 2380 g/mol. The zero-order valence-corrected chi connectivity index (χ0v) is 89.4. The van der Waals surface area contributed by atoms with Crippen LogP contribution in [0.15, 0.2) is 435 Å². The van der Waals surface area contributed by atoms with Gasteiger partial charge in [-0.3, -0.25) is 29.9 Å². The molecule has 2 N–H and O–H groups in total. The standard InChI is InChI=1S/C25H22N2.C25H20N2.C23H18N2.C12H11N.C11H9N.C6H7BO2.C6H6BrN.2C4H9.CH3I.CH4.2ClH.2Li.2Pt/c2*1-25(2,23-17-9-15-21(26-23)19-11-5-3-6-12-19)24-18-10-16-22(27-24)20-13-7-4-8-14-20;1-3-9-18(10-4-1)22-15-7-13-20(24-22)17-21-14-8-16-23(25-21)19-11-5-2-6-12-19;1-10-6-5-9-12(13-10)11-7-3-2-4-8-11;1-2-6-10(7-3-1)11-8-4-5-9-12-11;8-7(9)6-4-2-1-3-5-6;1-5-3-2-4-6(7)8-5;2*1-3-4-2;1-2;;;;;;;/h3-18H,1-2H3;3-11,13,15-18H,1-2H3;1-16H,17H2;2-9H,1H3;1-9H;1-5,8-9H;2-4H,1H3;2*1,3-4H2,2H3;1H3;1H4;2*1H;;;;/q;-2;;;;;;2*-1;;;;;2*+1;2*+2/p-2. The molecule has 0 spiro atoms. The third-order valence-corrected chi connectivity index (χ3v) is 20.6. The van der Waals surface area contributed by atoms with Crippen molar-refractivity contribution in [1.29, 1.82) is 0 Å². The van der Waals surface area contributed by atoms with Gasteiger partial charge in [0.25, 0.3) is 0 Å². The number of pyridine rings is 9. The Labute approximate surface area is 898 Å². The molecule has 0 saturated heterocycles. The second-order valence-corrected chi connectivity index (χ2v) is 34.9. The van der Waals surface area contributed by atoms with Crippen LogP contribution < -0.4 is 43.2 Å². The zero-order chi connectivity index (χ0) is 95.8. The van der Waals surface area contributed by atoms with Crippen molar-refractivity contribution in [2.75, 3.05) is 4.93 Å². The van der Waals surface area contributed by atoms with Crippen LogP contribution >= 0.6 is 57.4 Å². The Kier molecular flexibility index (Phi) is 59.7. The van der Waals surface area contributed by atoms with E-state index in [9.17, 15) is 0 Å². The molecule has 0 aliphatic rings. The van der Waals surface area contributed by atoms with Crippen molar-refractivity contribution in [3.63, 3.8) is 0 Å². The molecule has 9 heterocycles. The maximum absolute atomic E-state index is 8.58. The molecule has 0 saturated carbocycles. The van der Waals surface area contributed by atoms with Crippen molar-refractivity contribution in [2.24, 2.45) is 0 Å². The summed E-state index contributed by atoms with van der Waals surface area (Å²) in [6, 6.07) is 147. The first kappa shape index (κ1) is 120. The van der Waals surface area contributed by atoms with Crippen LogP contribution in [0.2, 0.25) is 0 Å². The quantitative estimate of drug-likeness (QED) is 0.0294. The van der Waals surface area contributed by atoms with E-state index in [4.69, 9.17) is 58.8 Å². The minimum Gasteiger partial charge on any atom is -0.256 e. The molecule has 0 unspecified atom stereocenters. The van der Waals surface area contributed by atoms with Crippen LogP contribution in [-0.2, 0) is 54.8 Å². The minimum atomic E-state index is -1.34. The fourth-order valence-corrected chi connectivity index (χ4v) is 13.2. The summed E-state index contributed by atoms with van der Waals surface area (Å²) in [4.78, 5) is 44.1. The summed E-state index contributed by atoms with van der Waals surface area (Å²) in [5.41, 5.74) is 24.8. The summed E-state index contributed by atoms with van der Waals surface area (Å²) in [7, 11) is 8.41. The fourth-order valence-electron chi connectivity index (χ4n) is 12.8. The fraction of sp³-hybridized carbons (Fsp3) is 0.144. The Balaban J connectivity index is 0.000000339. The number of aromatic nitrogens is 9. The second-order valence-electron chi connectivity index (χ2n) is 30.9. The van der Waals surface area contributed by atoms with Crippen LogP contribution in [0.4, 0.5) is 0 Å². The number of unbranched alkanes of at least 4 members (excludes halogenated alkanes) is 2. The Bertz CT molecular complexity index is 5780. The Morgan fingerprint density at radius 3 is 0.855 bits per heavy atom. The third-order valence-electron chi connectivity index (χ3n) is 20.1. The van der Waals surface area contributed by atoms with E-state index < -0.39 is 23.6 Å². The molecule has 11 nitrogen and oxygen atoms in total. The molecular formula is C118H118BBrCl2ILi2N9O2Pt2. The Hall–Kier alpha value is -10.3. The maximum Gasteiger partial charge on any atom is 2.00 e. The van der Waals surface area contributed by atoms with Gasteiger partial charge in [0.2, 0.25) is 0 Å². The number of hydrogen-bond acceptors (Lipinski definition) is 11. The van der Waals surface area contributed by atoms with Gasteiger partial charge in [-0.15, -0.1) is 71.8 Å². The molecule has 0 aliphatic carbocycles. The van der Waals surface area contributed by atoms with Gasteiger partial charge in [0.05, 0.1) is 45.6 Å². The van der Waals surface area contributed by atoms with Gasteiger partial charge in [-0.05, 0) is 176 Å². The molecular weight excluding hydrogens is 2270 g/mol. The molecule has 0 aliphatic heterocycles. The van der Waals surface area contributed by atoms with Crippen LogP contribution in [-0.4, -0.2) is 67.0 Å². The number of aryl methyl sites for hydroxylation is 2. The van der Waals surface area contributed by atoms with E-state index >= 15 is 0 Å². The molecule has 700 valence electrons. The van der Waals surface area contributed by atoms with E-state index in [1.54, 1.807) is 24.3 Å². The van der Waals surface area contributed by atoms with E-state index in [2.05, 4.69) is 279 Å². The first-order valence-electron chi connectivity index (χ1n) is 44.1. The topological polar surface area (TPSA) is 156 Å². The minimum absolute atomic E-state index is 0. The smallest absolute Gasteiger partial charge is 0.256 e. The molecule has 0 bridgehead atoms. The normalized spacial score (nSPS) is 9.89. The van der Waals surface area contributed by atoms with Gasteiger partial charge in [-0.2, -0.15) is 12.8 Å². The summed E-state index contributed by atoms with van der Waals surface area (Å²) in [5, 5.41) is 17.2. The van der Waals surface area contributed by atoms with Crippen molar-refractivity contribution in [3.8, 4) is 90.1 Å². The van der Waals surface area contributed by atoms with E-state index in [0.29, 0.717) is 5.46 Å². The molecule has 0 fully saturated rings. The number of benzene rings is 9. The van der Waals surface area contributed by atoms with Crippen LogP contribution in [0, 0.1) is 39.8 Å². The van der Waals surface area contributed by atoms with Gasteiger partial charge >= 0.3 is 101 Å². The molecule has 138 heavy (non-hydrogen) atoms. The molecule has 0 atom stereocenters. The van der Waals surface area contributed by atoms with Gasteiger partial charge in [0.1, 0.15) is 4.60 Å². The SMILES string of the molecule is C.CC(C)(c1cccc(-c2[c-]cccc2)n1)c1cccc(-c2[c-]cccc2)n1.CC(C)(c1cccc(-c2ccccc2)n1)c1cccc(-c2ccccc2)n1.CI.Cc1cccc(-c2ccccc2)n1.Cc1cccc(Br)n1.OB(O)c1ccccc1.[CH2-]CCC.[CH2-]CCC.[Cl][Pt][Cl].[Li+].[Li+].[Pt+2].c1ccc(-c2cccc(Cc3cccc(-c4ccccc4)n3)n2)cc1.c1ccc(-c2ccccn2)cc1. The number of halogens is 4. The summed E-state index contributed by atoms with van der Waals surface area (Å²) >= 11 is 4.93. The zero-order valence-electron chi connectivity index (χ0n) is 79.6. The average Bonchev–Trinajstić information content (AvgIpc) is 0.788. The first-order chi connectivity index (χ1) is 65.3. The molecule has 9 aromatic heterocycles. The first-order valence-corrected chi connectivity index (χ1v) is 52.6. The predicted molar refractivity (Wildman–Crippen MR) is 579 cm³/mol. The molecule has 20 heteroatoms. The summed E-state index contributed by atoms with van der Waals surface area (Å²) in [6.07, 6.45) is 7.09. The van der Waals surface area contributed by atoms with Crippen molar-refractivity contribution >= 4 is 69.9 Å². The summed E-state index contributed by atoms with van der Waals surface area (Å²) in [5.74, 6) is 0. The van der Waals surface area contributed by atoms with Crippen molar-refractivity contribution in [1.82, 2.24) is 44.9 Å². The van der Waals surface area contributed by atoms with Crippen LogP contribution in [0.1, 0.15) is 120 Å². The van der Waals surface area contributed by atoms with Gasteiger partial charge in [0.15, 0.2) is 0 Å². The van der Waals surface area contributed by atoms with Crippen LogP contribution in [0.3, 0.4) is 0 Å². The third kappa shape index (κ3) is 42.0. The van der Waals surface area contributed by atoms with E-state index in [-0.39, 0.29) is 77.0 Å². The number of rotatable bonds is 17. The maximum atomic E-state index is 8.58. The summed E-state index contributed by atoms with van der Waals surface area (Å²) < 4.78 is 0.900. The van der Waals surface area contributed by atoms with E-state index in [1.807, 2.05) is 268 Å². The van der Waals surface area contributed by atoms with Crippen molar-refractivity contribution < 1.29 is 85.3 Å². The number of nitrogens with zero attached hydrogens (tertiary/aromatic N) is 9. The molecule has 9 aromatic carbocycles. The number of alkyl halides is 1. The molecule has 0 amide bonds. The largest absolute Gasteiger partial charge is 2.00 e. The predicted octanol–water partition coefficient (Wildman–Crippen LogP) is 24.9.